The first-order valence-electron chi connectivity index (χ1n) is 11.2. The molecule has 0 aliphatic carbocycles. The van der Waals surface area contributed by atoms with Crippen LogP contribution in [0.4, 0.5) is 11.4 Å². The minimum absolute atomic E-state index is 0.0672. The van der Waals surface area contributed by atoms with Gasteiger partial charge in [0.15, 0.2) is 0 Å². The summed E-state index contributed by atoms with van der Waals surface area (Å²) < 4.78 is 11.6. The molecule has 2 aromatic carbocycles. The standard InChI is InChI=1S/C27H23BrN4O4S/c1-16-24(26(34)32-21-5-3-4-6-22(21)35-2)25(17-11-12-36-14-17)20(13-29)27(30-16)37-15-23(33)31-19-9-7-18(28)8-10-19/h3-12,14,25,30H,15H2,1-2H3,(H,31,33)(H,32,34)/t25-/m0/s1. The molecule has 0 unspecified atom stereocenters. The lowest BCUT2D eigenvalue weighted by molar-refractivity contribution is -0.114. The van der Waals surface area contributed by atoms with Crippen LogP contribution in [0.1, 0.15) is 18.4 Å². The van der Waals surface area contributed by atoms with Crippen molar-refractivity contribution < 1.29 is 18.7 Å². The van der Waals surface area contributed by atoms with E-state index in [1.54, 1.807) is 43.3 Å². The Bertz CT molecular complexity index is 1410. The van der Waals surface area contributed by atoms with Gasteiger partial charge in [-0.05, 0) is 49.4 Å². The highest BCUT2D eigenvalue weighted by Crippen LogP contribution is 2.41. The minimum atomic E-state index is -0.684. The number of methoxy groups -OCH3 is 1. The summed E-state index contributed by atoms with van der Waals surface area (Å²) in [5.41, 5.74) is 3.08. The highest BCUT2D eigenvalue weighted by atomic mass is 79.9. The number of benzene rings is 2. The normalized spacial score (nSPS) is 15.0. The van der Waals surface area contributed by atoms with E-state index in [4.69, 9.17) is 9.15 Å². The molecule has 2 heterocycles. The monoisotopic (exact) mass is 578 g/mol. The largest absolute Gasteiger partial charge is 0.495 e. The molecular weight excluding hydrogens is 556 g/mol. The number of anilines is 2. The molecule has 8 nitrogen and oxygen atoms in total. The van der Waals surface area contributed by atoms with E-state index in [9.17, 15) is 14.9 Å². The number of nitrogens with one attached hydrogen (secondary N) is 3. The molecule has 3 aromatic rings. The van der Waals surface area contributed by atoms with Crippen LogP contribution < -0.4 is 20.7 Å². The van der Waals surface area contributed by atoms with Gasteiger partial charge in [0, 0.05) is 27.0 Å². The number of rotatable bonds is 8. The van der Waals surface area contributed by atoms with Crippen LogP contribution in [0.25, 0.3) is 0 Å². The number of carbonyl (C=O) groups excluding carboxylic acids is 2. The molecule has 0 spiro atoms. The van der Waals surface area contributed by atoms with Crippen molar-refractivity contribution in [2.75, 3.05) is 23.5 Å². The molecule has 10 heteroatoms. The average molecular weight is 579 g/mol. The molecule has 0 fully saturated rings. The van der Waals surface area contributed by atoms with Gasteiger partial charge in [0.05, 0.1) is 53.7 Å². The number of halogens is 1. The molecule has 1 aromatic heterocycles. The minimum Gasteiger partial charge on any atom is -0.495 e. The maximum absolute atomic E-state index is 13.5. The molecule has 37 heavy (non-hydrogen) atoms. The summed E-state index contributed by atoms with van der Waals surface area (Å²) in [6.45, 7) is 1.76. The van der Waals surface area contributed by atoms with Crippen LogP contribution in [0.5, 0.6) is 5.75 Å². The van der Waals surface area contributed by atoms with Gasteiger partial charge >= 0.3 is 0 Å². The van der Waals surface area contributed by atoms with Crippen molar-refractivity contribution in [2.24, 2.45) is 0 Å². The third-order valence-corrected chi connectivity index (χ3v) is 7.15. The zero-order chi connectivity index (χ0) is 26.4. The summed E-state index contributed by atoms with van der Waals surface area (Å²) >= 11 is 4.57. The summed E-state index contributed by atoms with van der Waals surface area (Å²) in [6, 6.07) is 18.3. The number of hydrogen-bond donors (Lipinski definition) is 3. The van der Waals surface area contributed by atoms with Gasteiger partial charge in [-0.25, -0.2) is 0 Å². The van der Waals surface area contributed by atoms with Crippen molar-refractivity contribution in [1.29, 1.82) is 5.26 Å². The maximum Gasteiger partial charge on any atom is 0.254 e. The fourth-order valence-corrected chi connectivity index (χ4v) is 5.06. The first-order chi connectivity index (χ1) is 17.9. The maximum atomic E-state index is 13.5. The van der Waals surface area contributed by atoms with Crippen LogP contribution in [0.15, 0.2) is 97.9 Å². The number of nitrogens with zero attached hydrogens (tertiary/aromatic N) is 1. The third-order valence-electron chi connectivity index (χ3n) is 5.60. The predicted molar refractivity (Wildman–Crippen MR) is 147 cm³/mol. The van der Waals surface area contributed by atoms with E-state index >= 15 is 0 Å². The van der Waals surface area contributed by atoms with Gasteiger partial charge in [-0.1, -0.05) is 39.8 Å². The van der Waals surface area contributed by atoms with Crippen LogP contribution in [-0.2, 0) is 9.59 Å². The van der Waals surface area contributed by atoms with Gasteiger partial charge in [-0.15, -0.1) is 0 Å². The molecule has 4 rings (SSSR count). The second-order valence-electron chi connectivity index (χ2n) is 8.01. The summed E-state index contributed by atoms with van der Waals surface area (Å²) in [5, 5.41) is 19.6. The van der Waals surface area contributed by atoms with Gasteiger partial charge in [0.25, 0.3) is 5.91 Å². The Morgan fingerprint density at radius 3 is 2.59 bits per heavy atom. The molecule has 3 N–H and O–H groups in total. The van der Waals surface area contributed by atoms with Gasteiger partial charge in [0.1, 0.15) is 5.75 Å². The Balaban J connectivity index is 1.59. The van der Waals surface area contributed by atoms with Crippen LogP contribution in [0.2, 0.25) is 0 Å². The molecular formula is C27H23BrN4O4S. The molecule has 0 saturated heterocycles. The number of ether oxygens (including phenoxy) is 1. The van der Waals surface area contributed by atoms with Crippen molar-refractivity contribution >= 4 is 50.9 Å². The number of amides is 2. The van der Waals surface area contributed by atoms with Crippen LogP contribution in [0, 0.1) is 11.3 Å². The van der Waals surface area contributed by atoms with Crippen LogP contribution in [-0.4, -0.2) is 24.7 Å². The Hall–Kier alpha value is -3.94. The number of hydrogen-bond acceptors (Lipinski definition) is 7. The number of para-hydroxylation sites is 2. The van der Waals surface area contributed by atoms with Gasteiger partial charge < -0.3 is 25.1 Å². The zero-order valence-corrected chi connectivity index (χ0v) is 22.4. The second-order valence-corrected chi connectivity index (χ2v) is 9.91. The SMILES string of the molecule is COc1ccccc1NC(=O)C1=C(C)NC(SCC(=O)Nc2ccc(Br)cc2)=C(C#N)[C@@H]1c1ccoc1. The highest BCUT2D eigenvalue weighted by Gasteiger charge is 2.35. The van der Waals surface area contributed by atoms with Crippen molar-refractivity contribution in [3.05, 3.63) is 99.0 Å². The Kier molecular flexibility index (Phi) is 8.38. The first kappa shape index (κ1) is 26.1. The number of thioether (sulfide) groups is 1. The van der Waals surface area contributed by atoms with Gasteiger partial charge in [-0.3, -0.25) is 9.59 Å². The molecule has 0 bridgehead atoms. The van der Waals surface area contributed by atoms with E-state index in [0.717, 1.165) is 4.47 Å². The van der Waals surface area contributed by atoms with Crippen molar-refractivity contribution in [3.8, 4) is 11.8 Å². The van der Waals surface area contributed by atoms with E-state index in [1.165, 1.54) is 31.4 Å². The second kappa shape index (κ2) is 11.9. The lowest BCUT2D eigenvalue weighted by Crippen LogP contribution is -2.31. The van der Waals surface area contributed by atoms with Crippen LogP contribution in [0.3, 0.4) is 0 Å². The zero-order valence-electron chi connectivity index (χ0n) is 20.0. The number of nitriles is 1. The number of dihydropyridines is 1. The van der Waals surface area contributed by atoms with Crippen LogP contribution >= 0.6 is 27.7 Å². The molecule has 0 saturated carbocycles. The molecule has 188 valence electrons. The predicted octanol–water partition coefficient (Wildman–Crippen LogP) is 5.76. The summed E-state index contributed by atoms with van der Waals surface area (Å²) in [6.07, 6.45) is 3.01. The van der Waals surface area contributed by atoms with Crippen molar-refractivity contribution in [2.45, 2.75) is 12.8 Å². The van der Waals surface area contributed by atoms with E-state index in [1.807, 2.05) is 18.2 Å². The Morgan fingerprint density at radius 2 is 1.92 bits per heavy atom. The van der Waals surface area contributed by atoms with E-state index in [0.29, 0.717) is 44.6 Å². The lowest BCUT2D eigenvalue weighted by Gasteiger charge is -2.29. The topological polar surface area (TPSA) is 116 Å². The number of allylic oxidation sites excluding steroid dienone is 2. The molecule has 1 atom stereocenters. The number of carbonyl (C=O) groups is 2. The van der Waals surface area contributed by atoms with E-state index in [2.05, 4.69) is 37.9 Å². The first-order valence-corrected chi connectivity index (χ1v) is 13.0. The molecule has 1 aliphatic heterocycles. The molecule has 0 radical (unpaired) electrons. The molecule has 1 aliphatic rings. The summed E-state index contributed by atoms with van der Waals surface area (Å²) in [4.78, 5) is 26.1. The average Bonchev–Trinajstić information content (AvgIpc) is 3.43. The van der Waals surface area contributed by atoms with Crippen molar-refractivity contribution in [3.63, 3.8) is 0 Å². The summed E-state index contributed by atoms with van der Waals surface area (Å²) in [5.74, 6) is -0.707. The fourth-order valence-electron chi connectivity index (χ4n) is 3.91. The highest BCUT2D eigenvalue weighted by molar-refractivity contribution is 9.10. The van der Waals surface area contributed by atoms with Gasteiger partial charge in [0.2, 0.25) is 5.91 Å². The third kappa shape index (κ3) is 6.07. The lowest BCUT2D eigenvalue weighted by atomic mass is 9.83. The van der Waals surface area contributed by atoms with Crippen molar-refractivity contribution in [1.82, 2.24) is 5.32 Å². The molecule has 2 amide bonds. The fraction of sp³-hybridized carbons (Fsp3) is 0.148. The summed E-state index contributed by atoms with van der Waals surface area (Å²) in [7, 11) is 1.53. The van der Waals surface area contributed by atoms with E-state index < -0.39 is 5.92 Å². The van der Waals surface area contributed by atoms with E-state index in [-0.39, 0.29) is 17.6 Å². The van der Waals surface area contributed by atoms with Gasteiger partial charge in [-0.2, -0.15) is 5.26 Å². The Morgan fingerprint density at radius 1 is 1.16 bits per heavy atom. The smallest absolute Gasteiger partial charge is 0.254 e. The Labute approximate surface area is 226 Å². The number of furan rings is 1. The quantitative estimate of drug-likeness (QED) is 0.311.